The molecule has 6 heteroatoms. The van der Waals surface area contributed by atoms with Gasteiger partial charge >= 0.3 is 0 Å². The van der Waals surface area contributed by atoms with E-state index in [0.717, 1.165) is 45.1 Å². The van der Waals surface area contributed by atoms with Crippen LogP contribution in [0.25, 0.3) is 0 Å². The van der Waals surface area contributed by atoms with Crippen molar-refractivity contribution in [2.75, 3.05) is 51.2 Å². The number of piperazine rings is 1. The Morgan fingerprint density at radius 2 is 2.10 bits per heavy atom. The Morgan fingerprint density at radius 3 is 2.80 bits per heavy atom. The number of anilines is 1. The zero-order chi connectivity index (χ0) is 14.4. The molecular weight excluding hydrogens is 254 g/mol. The highest BCUT2D eigenvalue weighted by atomic mass is 16.5. The van der Waals surface area contributed by atoms with Gasteiger partial charge in [0.2, 0.25) is 5.88 Å². The van der Waals surface area contributed by atoms with E-state index in [1.165, 1.54) is 0 Å². The Kier molecular flexibility index (Phi) is 5.55. The van der Waals surface area contributed by atoms with Crippen LogP contribution in [-0.4, -0.2) is 67.3 Å². The fourth-order valence-electron chi connectivity index (χ4n) is 2.16. The zero-order valence-electron chi connectivity index (χ0n) is 12.7. The number of likely N-dealkylation sites (N-methyl/N-ethyl adjacent to an activating group) is 1. The van der Waals surface area contributed by atoms with Gasteiger partial charge in [-0.1, -0.05) is 0 Å². The number of hydrogen-bond donors (Lipinski definition) is 1. The normalized spacial score (nSPS) is 16.4. The van der Waals surface area contributed by atoms with Crippen LogP contribution in [0.3, 0.4) is 0 Å². The lowest BCUT2D eigenvalue weighted by atomic mass is 10.3. The predicted molar refractivity (Wildman–Crippen MR) is 80.4 cm³/mol. The average molecular weight is 279 g/mol. The van der Waals surface area contributed by atoms with Crippen molar-refractivity contribution in [3.8, 4) is 5.88 Å². The minimum absolute atomic E-state index is 0.116. The topological polar surface area (TPSA) is 53.5 Å². The van der Waals surface area contributed by atoms with Crippen LogP contribution in [-0.2, 0) is 0 Å². The third-order valence-electron chi connectivity index (χ3n) is 3.31. The summed E-state index contributed by atoms with van der Waals surface area (Å²) in [6.07, 6.45) is 3.56. The molecule has 0 aromatic carbocycles. The van der Waals surface area contributed by atoms with E-state index in [4.69, 9.17) is 4.74 Å². The fourth-order valence-corrected chi connectivity index (χ4v) is 2.16. The quantitative estimate of drug-likeness (QED) is 0.823. The van der Waals surface area contributed by atoms with Crippen molar-refractivity contribution in [2.45, 2.75) is 20.0 Å². The van der Waals surface area contributed by atoms with E-state index < -0.39 is 0 Å². The molecule has 2 heterocycles. The number of aromatic nitrogens is 2. The lowest BCUT2D eigenvalue weighted by Gasteiger charge is -2.29. The van der Waals surface area contributed by atoms with Crippen molar-refractivity contribution in [3.05, 3.63) is 12.4 Å². The summed E-state index contributed by atoms with van der Waals surface area (Å²) in [4.78, 5) is 13.3. The largest absolute Gasteiger partial charge is 0.474 e. The van der Waals surface area contributed by atoms with Crippen LogP contribution in [0.2, 0.25) is 0 Å². The second-order valence-corrected chi connectivity index (χ2v) is 5.40. The molecular formula is C14H25N5O. The van der Waals surface area contributed by atoms with Crippen molar-refractivity contribution in [1.29, 1.82) is 0 Å². The summed E-state index contributed by atoms with van der Waals surface area (Å²) < 4.78 is 5.58. The van der Waals surface area contributed by atoms with Crippen molar-refractivity contribution in [1.82, 2.24) is 20.2 Å². The van der Waals surface area contributed by atoms with Gasteiger partial charge in [-0.25, -0.2) is 0 Å². The van der Waals surface area contributed by atoms with E-state index in [9.17, 15) is 0 Å². The van der Waals surface area contributed by atoms with Crippen LogP contribution < -0.4 is 15.0 Å². The summed E-state index contributed by atoms with van der Waals surface area (Å²) >= 11 is 0. The molecule has 1 aliphatic heterocycles. The van der Waals surface area contributed by atoms with E-state index in [2.05, 4.69) is 25.1 Å². The molecule has 112 valence electrons. The average Bonchev–Trinajstić information content (AvgIpc) is 2.45. The second-order valence-electron chi connectivity index (χ2n) is 5.40. The highest BCUT2D eigenvalue weighted by Crippen LogP contribution is 2.13. The minimum atomic E-state index is 0.116. The van der Waals surface area contributed by atoms with Crippen molar-refractivity contribution in [2.24, 2.45) is 0 Å². The molecule has 1 aromatic heterocycles. The molecule has 0 saturated carbocycles. The molecule has 0 atom stereocenters. The van der Waals surface area contributed by atoms with Crippen LogP contribution in [0, 0.1) is 0 Å². The van der Waals surface area contributed by atoms with Crippen LogP contribution in [0.1, 0.15) is 13.8 Å². The van der Waals surface area contributed by atoms with Gasteiger partial charge in [0.1, 0.15) is 0 Å². The van der Waals surface area contributed by atoms with Crippen LogP contribution in [0.5, 0.6) is 5.88 Å². The molecule has 1 N–H and O–H groups in total. The summed E-state index contributed by atoms with van der Waals surface area (Å²) in [7, 11) is 2.05. The summed E-state index contributed by atoms with van der Waals surface area (Å²) in [6, 6.07) is 0. The lowest BCUT2D eigenvalue weighted by Crippen LogP contribution is -2.46. The zero-order valence-corrected chi connectivity index (χ0v) is 12.7. The van der Waals surface area contributed by atoms with Gasteiger partial charge in [-0.2, -0.15) is 4.98 Å². The van der Waals surface area contributed by atoms with Gasteiger partial charge in [-0.3, -0.25) is 9.88 Å². The van der Waals surface area contributed by atoms with Crippen LogP contribution >= 0.6 is 0 Å². The van der Waals surface area contributed by atoms with Gasteiger partial charge in [0.25, 0.3) is 0 Å². The van der Waals surface area contributed by atoms with Crippen molar-refractivity contribution in [3.63, 3.8) is 0 Å². The molecule has 1 fully saturated rings. The Morgan fingerprint density at radius 1 is 1.35 bits per heavy atom. The van der Waals surface area contributed by atoms with Crippen molar-refractivity contribution < 1.29 is 4.74 Å². The maximum atomic E-state index is 5.58. The van der Waals surface area contributed by atoms with Gasteiger partial charge < -0.3 is 15.0 Å². The van der Waals surface area contributed by atoms with Gasteiger partial charge in [-0.15, -0.1) is 0 Å². The van der Waals surface area contributed by atoms with Crippen molar-refractivity contribution >= 4 is 5.82 Å². The second kappa shape index (κ2) is 7.40. The van der Waals surface area contributed by atoms with E-state index in [0.29, 0.717) is 5.88 Å². The summed E-state index contributed by atoms with van der Waals surface area (Å²) in [5.74, 6) is 1.45. The fraction of sp³-hybridized carbons (Fsp3) is 0.714. The summed E-state index contributed by atoms with van der Waals surface area (Å²) in [5, 5.41) is 3.37. The molecule has 0 bridgehead atoms. The van der Waals surface area contributed by atoms with Gasteiger partial charge in [0, 0.05) is 46.3 Å². The highest BCUT2D eigenvalue weighted by Gasteiger charge is 2.11. The monoisotopic (exact) mass is 279 g/mol. The van der Waals surface area contributed by atoms with Gasteiger partial charge in [-0.05, 0) is 13.8 Å². The molecule has 0 amide bonds. The van der Waals surface area contributed by atoms with E-state index in [1.807, 2.05) is 20.9 Å². The van der Waals surface area contributed by atoms with E-state index in [1.54, 1.807) is 12.4 Å². The Bertz CT molecular complexity index is 406. The highest BCUT2D eigenvalue weighted by molar-refractivity contribution is 5.36. The number of nitrogens with one attached hydrogen (secondary N) is 1. The Labute approximate surface area is 121 Å². The third kappa shape index (κ3) is 4.61. The SMILES string of the molecule is CC(C)Oc1cncc(N(C)CCN2CCNCC2)n1. The molecule has 0 radical (unpaired) electrons. The van der Waals surface area contributed by atoms with E-state index in [-0.39, 0.29) is 6.10 Å². The molecule has 20 heavy (non-hydrogen) atoms. The number of nitrogens with zero attached hydrogens (tertiary/aromatic N) is 4. The molecule has 0 unspecified atom stereocenters. The maximum Gasteiger partial charge on any atom is 0.234 e. The first kappa shape index (κ1) is 15.0. The van der Waals surface area contributed by atoms with E-state index >= 15 is 0 Å². The smallest absolute Gasteiger partial charge is 0.234 e. The molecule has 1 saturated heterocycles. The van der Waals surface area contributed by atoms with Crippen LogP contribution in [0.4, 0.5) is 5.82 Å². The molecule has 1 aliphatic rings. The molecule has 0 spiro atoms. The predicted octanol–water partition coefficient (Wildman–Crippen LogP) is 0.605. The molecule has 0 aliphatic carbocycles. The number of rotatable bonds is 6. The first-order valence-electron chi connectivity index (χ1n) is 7.28. The maximum absolute atomic E-state index is 5.58. The minimum Gasteiger partial charge on any atom is -0.474 e. The molecule has 1 aromatic rings. The Hall–Kier alpha value is -1.40. The number of hydrogen-bond acceptors (Lipinski definition) is 6. The van der Waals surface area contributed by atoms with Gasteiger partial charge in [0.05, 0.1) is 18.5 Å². The standard InChI is InChI=1S/C14H25N5O/c1-12(2)20-14-11-16-10-13(17-14)18(3)8-9-19-6-4-15-5-7-19/h10-12,15H,4-9H2,1-3H3. The third-order valence-corrected chi connectivity index (χ3v) is 3.31. The molecule has 2 rings (SSSR count). The van der Waals surface area contributed by atoms with Crippen LogP contribution in [0.15, 0.2) is 12.4 Å². The first-order valence-corrected chi connectivity index (χ1v) is 7.28. The van der Waals surface area contributed by atoms with Gasteiger partial charge in [0.15, 0.2) is 5.82 Å². The summed E-state index contributed by atoms with van der Waals surface area (Å²) in [6.45, 7) is 10.4. The summed E-state index contributed by atoms with van der Waals surface area (Å²) in [5.41, 5.74) is 0. The molecule has 6 nitrogen and oxygen atoms in total. The first-order chi connectivity index (χ1) is 9.65. The lowest BCUT2D eigenvalue weighted by molar-refractivity contribution is 0.231. The number of ether oxygens (including phenoxy) is 1. The Balaban J connectivity index is 1.86.